The number of benzene rings is 3. The number of nitrogens with zero attached hydrogens (tertiary/aromatic N) is 1. The van der Waals surface area contributed by atoms with E-state index in [-0.39, 0.29) is 35.7 Å². The Balaban J connectivity index is 1.44. The number of amides is 1. The summed E-state index contributed by atoms with van der Waals surface area (Å²) in [7, 11) is 1.03. The SMILES string of the molecule is C#CC12CC(OC(=O)c3ccc(-c4ccccc4)cc3)C(CO[Si](C)(C)C(C)(C)C)C1CC(=O)N2Cc1ccc(OC)cc1OC. The number of hydrogen-bond acceptors (Lipinski definition) is 6. The van der Waals surface area contributed by atoms with Crippen LogP contribution in [0.25, 0.3) is 11.1 Å². The molecule has 2 fully saturated rings. The molecular weight excluding hydrogens is 595 g/mol. The summed E-state index contributed by atoms with van der Waals surface area (Å²) in [6.45, 7) is 11.6. The number of fused-ring (bicyclic) bond motifs is 1. The van der Waals surface area contributed by atoms with Crippen molar-refractivity contribution in [1.82, 2.24) is 4.90 Å². The van der Waals surface area contributed by atoms with Gasteiger partial charge < -0.3 is 23.5 Å². The van der Waals surface area contributed by atoms with Crippen molar-refractivity contribution in [1.29, 1.82) is 0 Å². The van der Waals surface area contributed by atoms with Crippen molar-refractivity contribution in [2.75, 3.05) is 20.8 Å². The van der Waals surface area contributed by atoms with Crippen molar-refractivity contribution in [3.05, 3.63) is 83.9 Å². The van der Waals surface area contributed by atoms with Gasteiger partial charge in [-0.25, -0.2) is 4.79 Å². The van der Waals surface area contributed by atoms with Crippen LogP contribution in [0, 0.1) is 24.2 Å². The highest BCUT2D eigenvalue weighted by atomic mass is 28.4. The van der Waals surface area contributed by atoms with Crippen molar-refractivity contribution in [3.8, 4) is 35.0 Å². The zero-order valence-electron chi connectivity index (χ0n) is 28.0. The van der Waals surface area contributed by atoms with E-state index >= 15 is 0 Å². The molecule has 46 heavy (non-hydrogen) atoms. The third-order valence-electron chi connectivity index (χ3n) is 10.3. The van der Waals surface area contributed by atoms with Crippen LogP contribution < -0.4 is 9.47 Å². The van der Waals surface area contributed by atoms with Gasteiger partial charge in [0.25, 0.3) is 0 Å². The summed E-state index contributed by atoms with van der Waals surface area (Å²) in [5.41, 5.74) is 2.43. The zero-order valence-corrected chi connectivity index (χ0v) is 29.0. The van der Waals surface area contributed by atoms with E-state index in [2.05, 4.69) is 39.8 Å². The number of methoxy groups -OCH3 is 2. The van der Waals surface area contributed by atoms with Crippen LogP contribution in [0.5, 0.6) is 11.5 Å². The lowest BCUT2D eigenvalue weighted by atomic mass is 9.84. The number of ether oxygens (including phenoxy) is 3. The molecule has 1 heterocycles. The molecule has 3 aromatic rings. The standard InChI is InChI=1S/C38H45NO6Si/c1-9-38-23-34(45-36(41)28-17-15-27(16-18-28)26-13-11-10-12-14-26)31(25-44-46(7,8)37(2,3)4)32(38)22-35(40)39(38)24-29-19-20-30(42-5)21-33(29)43-6/h1,10-21,31-32,34H,22-25H2,2-8H3. The number of carbonyl (C=O) groups is 2. The summed E-state index contributed by atoms with van der Waals surface area (Å²) >= 11 is 0. The largest absolute Gasteiger partial charge is 0.497 e. The Morgan fingerprint density at radius 1 is 1.00 bits per heavy atom. The van der Waals surface area contributed by atoms with Crippen LogP contribution >= 0.6 is 0 Å². The lowest BCUT2D eigenvalue weighted by molar-refractivity contribution is -0.131. The molecule has 5 rings (SSSR count). The third kappa shape index (κ3) is 6.31. The van der Waals surface area contributed by atoms with Gasteiger partial charge in [0.2, 0.25) is 5.91 Å². The molecule has 1 saturated carbocycles. The lowest BCUT2D eigenvalue weighted by Crippen LogP contribution is -2.46. The van der Waals surface area contributed by atoms with Crippen LogP contribution in [0.4, 0.5) is 0 Å². The van der Waals surface area contributed by atoms with Gasteiger partial charge in [0.1, 0.15) is 23.1 Å². The number of esters is 1. The average molecular weight is 640 g/mol. The molecule has 1 amide bonds. The fourth-order valence-corrected chi connectivity index (χ4v) is 7.55. The summed E-state index contributed by atoms with van der Waals surface area (Å²) < 4.78 is 24.0. The van der Waals surface area contributed by atoms with E-state index < -0.39 is 25.9 Å². The first kappa shape index (κ1) is 33.3. The molecule has 0 bridgehead atoms. The minimum Gasteiger partial charge on any atom is -0.497 e. The minimum atomic E-state index is -2.16. The summed E-state index contributed by atoms with van der Waals surface area (Å²) in [5, 5.41) is -0.00999. The van der Waals surface area contributed by atoms with Crippen molar-refractivity contribution >= 4 is 20.2 Å². The van der Waals surface area contributed by atoms with E-state index in [0.717, 1.165) is 16.7 Å². The van der Waals surface area contributed by atoms with Crippen LogP contribution in [0.15, 0.2) is 72.8 Å². The molecule has 1 aliphatic heterocycles. The van der Waals surface area contributed by atoms with Crippen molar-refractivity contribution in [2.45, 2.75) is 69.9 Å². The topological polar surface area (TPSA) is 74.3 Å². The van der Waals surface area contributed by atoms with Crippen molar-refractivity contribution in [2.24, 2.45) is 11.8 Å². The number of carbonyl (C=O) groups excluding carboxylic acids is 2. The van der Waals surface area contributed by atoms with Crippen LogP contribution in [0.1, 0.15) is 49.5 Å². The van der Waals surface area contributed by atoms with Crippen molar-refractivity contribution < 1.29 is 28.2 Å². The van der Waals surface area contributed by atoms with E-state index in [1.54, 1.807) is 37.3 Å². The maximum atomic E-state index is 13.7. The predicted molar refractivity (Wildman–Crippen MR) is 182 cm³/mol. The van der Waals surface area contributed by atoms with Gasteiger partial charge in [0, 0.05) is 42.9 Å². The molecule has 242 valence electrons. The number of rotatable bonds is 10. The molecule has 0 aromatic heterocycles. The second-order valence-corrected chi connectivity index (χ2v) is 18.7. The highest BCUT2D eigenvalue weighted by molar-refractivity contribution is 6.74. The van der Waals surface area contributed by atoms with Gasteiger partial charge in [-0.15, -0.1) is 6.42 Å². The summed E-state index contributed by atoms with van der Waals surface area (Å²) in [6.07, 6.45) is 6.42. The lowest BCUT2D eigenvalue weighted by Gasteiger charge is -2.38. The Labute approximate surface area is 274 Å². The molecule has 3 aromatic carbocycles. The Morgan fingerprint density at radius 3 is 2.28 bits per heavy atom. The first-order valence-corrected chi connectivity index (χ1v) is 18.7. The molecule has 7 nitrogen and oxygen atoms in total. The van der Waals surface area contributed by atoms with E-state index in [1.165, 1.54) is 0 Å². The van der Waals surface area contributed by atoms with Crippen LogP contribution in [0.3, 0.4) is 0 Å². The fourth-order valence-electron chi connectivity index (χ4n) is 6.51. The molecule has 4 unspecified atom stereocenters. The molecular formula is C38H45NO6Si. The van der Waals surface area contributed by atoms with E-state index in [1.807, 2.05) is 54.6 Å². The number of terminal acetylenes is 1. The first-order chi connectivity index (χ1) is 21.8. The Bertz CT molecular complexity index is 1610. The fraction of sp³-hybridized carbons (Fsp3) is 0.421. The maximum Gasteiger partial charge on any atom is 0.338 e. The number of hydrogen-bond donors (Lipinski definition) is 0. The predicted octanol–water partition coefficient (Wildman–Crippen LogP) is 7.36. The Morgan fingerprint density at radius 2 is 1.67 bits per heavy atom. The quantitative estimate of drug-likeness (QED) is 0.131. The minimum absolute atomic E-state index is 0.00999. The first-order valence-electron chi connectivity index (χ1n) is 15.8. The molecule has 0 radical (unpaired) electrons. The van der Waals surface area contributed by atoms with E-state index in [0.29, 0.717) is 30.1 Å². The Hall–Kier alpha value is -4.06. The van der Waals surface area contributed by atoms with Gasteiger partial charge in [-0.1, -0.05) is 69.2 Å². The molecule has 8 heteroatoms. The summed E-state index contributed by atoms with van der Waals surface area (Å²) in [5.74, 6) is 3.37. The highest BCUT2D eigenvalue weighted by Crippen LogP contribution is 2.53. The second-order valence-electron chi connectivity index (χ2n) is 13.9. The van der Waals surface area contributed by atoms with Gasteiger partial charge >= 0.3 is 5.97 Å². The van der Waals surface area contributed by atoms with E-state index in [9.17, 15) is 9.59 Å². The van der Waals surface area contributed by atoms with Crippen LogP contribution in [-0.4, -0.2) is 57.6 Å². The van der Waals surface area contributed by atoms with Crippen LogP contribution in [-0.2, 0) is 20.5 Å². The monoisotopic (exact) mass is 639 g/mol. The maximum absolute atomic E-state index is 13.7. The highest BCUT2D eigenvalue weighted by Gasteiger charge is 2.63. The van der Waals surface area contributed by atoms with E-state index in [4.69, 9.17) is 25.1 Å². The summed E-state index contributed by atoms with van der Waals surface area (Å²) in [6, 6.07) is 23.0. The molecule has 2 aliphatic rings. The van der Waals surface area contributed by atoms with Gasteiger partial charge in [0.15, 0.2) is 8.32 Å². The molecule has 1 saturated heterocycles. The van der Waals surface area contributed by atoms with Gasteiger partial charge in [-0.2, -0.15) is 0 Å². The average Bonchev–Trinajstić information content (AvgIpc) is 3.48. The second kappa shape index (κ2) is 13.0. The molecule has 4 atom stereocenters. The van der Waals surface area contributed by atoms with Crippen molar-refractivity contribution in [3.63, 3.8) is 0 Å². The number of likely N-dealkylation sites (tertiary alicyclic amines) is 1. The molecule has 0 spiro atoms. The van der Waals surface area contributed by atoms with Crippen LogP contribution in [0.2, 0.25) is 18.1 Å². The molecule has 1 aliphatic carbocycles. The van der Waals surface area contributed by atoms with Gasteiger partial charge in [0.05, 0.1) is 26.3 Å². The smallest absolute Gasteiger partial charge is 0.338 e. The third-order valence-corrected chi connectivity index (χ3v) is 14.8. The normalized spacial score (nSPS) is 22.7. The Kier molecular flexibility index (Phi) is 9.39. The summed E-state index contributed by atoms with van der Waals surface area (Å²) in [4.78, 5) is 29.1. The zero-order chi connectivity index (χ0) is 33.3. The van der Waals surface area contributed by atoms with Gasteiger partial charge in [-0.05, 0) is 53.5 Å². The molecule has 0 N–H and O–H groups in total. The van der Waals surface area contributed by atoms with Gasteiger partial charge in [-0.3, -0.25) is 4.79 Å².